The zero-order chi connectivity index (χ0) is 13.8. The van der Waals surface area contributed by atoms with Gasteiger partial charge in [-0.3, -0.25) is 9.69 Å². The number of rotatable bonds is 7. The molecule has 1 fully saturated rings. The number of carbonyl (C=O) groups is 1. The first-order valence-corrected chi connectivity index (χ1v) is 7.13. The van der Waals surface area contributed by atoms with Crippen LogP contribution in [0.25, 0.3) is 0 Å². The lowest BCUT2D eigenvalue weighted by molar-refractivity contribution is 0.0939. The summed E-state index contributed by atoms with van der Waals surface area (Å²) in [7, 11) is 0. The average Bonchev–Trinajstić information content (AvgIpc) is 3.16. The number of likely N-dealkylation sites (N-methyl/N-ethyl adjacent to an activating group) is 1. The Balaban J connectivity index is 1.83. The van der Waals surface area contributed by atoms with Crippen molar-refractivity contribution >= 4 is 11.6 Å². The van der Waals surface area contributed by atoms with Crippen LogP contribution in [0, 0.1) is 0 Å². The van der Waals surface area contributed by atoms with Crippen LogP contribution in [0.5, 0.6) is 0 Å². The van der Waals surface area contributed by atoms with Crippen LogP contribution in [0.3, 0.4) is 0 Å². The molecule has 1 aliphatic rings. The third-order valence-corrected chi connectivity index (χ3v) is 3.65. The Morgan fingerprint density at radius 3 is 2.84 bits per heavy atom. The van der Waals surface area contributed by atoms with E-state index in [0.717, 1.165) is 25.7 Å². The van der Waals surface area contributed by atoms with Crippen molar-refractivity contribution in [3.63, 3.8) is 0 Å². The monoisotopic (exact) mass is 264 g/mol. The van der Waals surface area contributed by atoms with Gasteiger partial charge in [0.15, 0.2) is 0 Å². The van der Waals surface area contributed by atoms with Crippen molar-refractivity contribution in [2.45, 2.75) is 39.3 Å². The van der Waals surface area contributed by atoms with Crippen LogP contribution in [-0.2, 0) is 6.54 Å². The highest BCUT2D eigenvalue weighted by atomic mass is 16.1. The largest absolute Gasteiger partial charge is 0.397 e. The highest BCUT2D eigenvalue weighted by Gasteiger charge is 2.27. The SMILES string of the molecule is CCN(CCNC(=O)c1cc(N)cn1CC)C1CC1. The Morgan fingerprint density at radius 2 is 2.26 bits per heavy atom. The minimum Gasteiger partial charge on any atom is -0.397 e. The quantitative estimate of drug-likeness (QED) is 0.780. The van der Waals surface area contributed by atoms with E-state index in [9.17, 15) is 4.79 Å². The molecule has 0 saturated heterocycles. The van der Waals surface area contributed by atoms with E-state index in [0.29, 0.717) is 17.9 Å². The molecule has 0 atom stereocenters. The molecule has 0 radical (unpaired) electrons. The maximum Gasteiger partial charge on any atom is 0.268 e. The van der Waals surface area contributed by atoms with Crippen LogP contribution in [0.4, 0.5) is 5.69 Å². The maximum absolute atomic E-state index is 12.1. The fraction of sp³-hybridized carbons (Fsp3) is 0.643. The van der Waals surface area contributed by atoms with Crippen molar-refractivity contribution in [2.24, 2.45) is 0 Å². The topological polar surface area (TPSA) is 63.3 Å². The number of amides is 1. The lowest BCUT2D eigenvalue weighted by Gasteiger charge is -2.19. The van der Waals surface area contributed by atoms with Gasteiger partial charge in [0.05, 0.1) is 5.69 Å². The molecule has 19 heavy (non-hydrogen) atoms. The second kappa shape index (κ2) is 6.10. The predicted octanol–water partition coefficient (Wildman–Crippen LogP) is 1.30. The number of hydrogen-bond donors (Lipinski definition) is 2. The van der Waals surface area contributed by atoms with Crippen molar-refractivity contribution in [2.75, 3.05) is 25.4 Å². The van der Waals surface area contributed by atoms with Crippen molar-refractivity contribution < 1.29 is 4.79 Å². The van der Waals surface area contributed by atoms with Crippen LogP contribution in [0.2, 0.25) is 0 Å². The van der Waals surface area contributed by atoms with E-state index in [2.05, 4.69) is 17.1 Å². The fourth-order valence-electron chi connectivity index (χ4n) is 2.43. The van der Waals surface area contributed by atoms with Gasteiger partial charge in [0, 0.05) is 31.9 Å². The molecule has 5 nitrogen and oxygen atoms in total. The number of aromatic nitrogens is 1. The van der Waals surface area contributed by atoms with E-state index in [1.165, 1.54) is 12.8 Å². The van der Waals surface area contributed by atoms with E-state index in [1.807, 2.05) is 11.5 Å². The van der Waals surface area contributed by atoms with Crippen LogP contribution in [0.1, 0.15) is 37.2 Å². The smallest absolute Gasteiger partial charge is 0.268 e. The van der Waals surface area contributed by atoms with Crippen LogP contribution >= 0.6 is 0 Å². The molecule has 1 aromatic rings. The minimum atomic E-state index is -0.0367. The van der Waals surface area contributed by atoms with Gasteiger partial charge in [-0.1, -0.05) is 6.92 Å². The van der Waals surface area contributed by atoms with Gasteiger partial charge in [0.25, 0.3) is 5.91 Å². The van der Waals surface area contributed by atoms with Crippen molar-refractivity contribution in [3.8, 4) is 0 Å². The first-order valence-electron chi connectivity index (χ1n) is 7.13. The Labute approximate surface area is 114 Å². The standard InChI is InChI=1S/C14H24N4O/c1-3-17(12-5-6-12)8-7-16-14(19)13-9-11(15)10-18(13)4-2/h9-10,12H,3-8,15H2,1-2H3,(H,16,19). The van der Waals surface area contributed by atoms with Gasteiger partial charge in [-0.2, -0.15) is 0 Å². The zero-order valence-electron chi connectivity index (χ0n) is 11.9. The van der Waals surface area contributed by atoms with Crippen LogP contribution in [-0.4, -0.2) is 41.1 Å². The summed E-state index contributed by atoms with van der Waals surface area (Å²) in [5.74, 6) is -0.0367. The lowest BCUT2D eigenvalue weighted by atomic mass is 10.3. The van der Waals surface area contributed by atoms with E-state index >= 15 is 0 Å². The number of nitrogens with two attached hydrogens (primary N) is 1. The molecule has 5 heteroatoms. The highest BCUT2D eigenvalue weighted by Crippen LogP contribution is 2.25. The summed E-state index contributed by atoms with van der Waals surface area (Å²) >= 11 is 0. The lowest BCUT2D eigenvalue weighted by Crippen LogP contribution is -2.36. The summed E-state index contributed by atoms with van der Waals surface area (Å²) < 4.78 is 1.88. The first-order chi connectivity index (χ1) is 9.15. The van der Waals surface area contributed by atoms with Gasteiger partial charge in [-0.25, -0.2) is 0 Å². The maximum atomic E-state index is 12.1. The van der Waals surface area contributed by atoms with Gasteiger partial charge in [-0.05, 0) is 32.4 Å². The summed E-state index contributed by atoms with van der Waals surface area (Å²) in [4.78, 5) is 14.5. The number of nitrogens with one attached hydrogen (secondary N) is 1. The Bertz CT molecular complexity index is 437. The molecular formula is C14H24N4O. The number of nitrogen functional groups attached to an aromatic ring is 1. The van der Waals surface area contributed by atoms with Gasteiger partial charge < -0.3 is 15.6 Å². The van der Waals surface area contributed by atoms with E-state index in [4.69, 9.17) is 5.73 Å². The van der Waals surface area contributed by atoms with Crippen LogP contribution in [0.15, 0.2) is 12.3 Å². The van der Waals surface area contributed by atoms with Crippen molar-refractivity contribution in [1.82, 2.24) is 14.8 Å². The molecule has 0 spiro atoms. The molecule has 1 aromatic heterocycles. The van der Waals surface area contributed by atoms with Gasteiger partial charge in [0.2, 0.25) is 0 Å². The number of carbonyl (C=O) groups excluding carboxylic acids is 1. The molecule has 2 rings (SSSR count). The number of aryl methyl sites for hydroxylation is 1. The molecule has 1 saturated carbocycles. The first kappa shape index (κ1) is 13.9. The molecule has 1 amide bonds. The van der Waals surface area contributed by atoms with Crippen molar-refractivity contribution in [1.29, 1.82) is 0 Å². The predicted molar refractivity (Wildman–Crippen MR) is 77.1 cm³/mol. The van der Waals surface area contributed by atoms with E-state index < -0.39 is 0 Å². The molecule has 0 aromatic carbocycles. The van der Waals surface area contributed by atoms with Gasteiger partial charge >= 0.3 is 0 Å². The summed E-state index contributed by atoms with van der Waals surface area (Å²) in [5, 5.41) is 2.98. The average molecular weight is 264 g/mol. The van der Waals surface area contributed by atoms with E-state index in [1.54, 1.807) is 12.3 Å². The Kier molecular flexibility index (Phi) is 4.47. The minimum absolute atomic E-state index is 0.0367. The normalized spacial score (nSPS) is 14.9. The molecule has 0 bridgehead atoms. The number of hydrogen-bond acceptors (Lipinski definition) is 3. The third-order valence-electron chi connectivity index (χ3n) is 3.65. The van der Waals surface area contributed by atoms with Crippen molar-refractivity contribution in [3.05, 3.63) is 18.0 Å². The molecule has 1 heterocycles. The molecule has 3 N–H and O–H groups in total. The Hall–Kier alpha value is -1.49. The van der Waals surface area contributed by atoms with Crippen LogP contribution < -0.4 is 11.1 Å². The summed E-state index contributed by atoms with van der Waals surface area (Å²) in [6.45, 7) is 7.60. The molecular weight excluding hydrogens is 240 g/mol. The fourth-order valence-corrected chi connectivity index (χ4v) is 2.43. The highest BCUT2D eigenvalue weighted by molar-refractivity contribution is 5.93. The summed E-state index contributed by atoms with van der Waals surface area (Å²) in [6, 6.07) is 2.48. The molecule has 0 unspecified atom stereocenters. The molecule has 106 valence electrons. The van der Waals surface area contributed by atoms with Gasteiger partial charge in [0.1, 0.15) is 5.69 Å². The van der Waals surface area contributed by atoms with Gasteiger partial charge in [-0.15, -0.1) is 0 Å². The summed E-state index contributed by atoms with van der Waals surface area (Å²) in [5.41, 5.74) is 7.02. The second-order valence-electron chi connectivity index (χ2n) is 5.06. The molecule has 1 aliphatic carbocycles. The van der Waals surface area contributed by atoms with E-state index in [-0.39, 0.29) is 5.91 Å². The number of anilines is 1. The molecule has 0 aliphatic heterocycles. The Morgan fingerprint density at radius 1 is 1.53 bits per heavy atom. The second-order valence-corrected chi connectivity index (χ2v) is 5.06. The zero-order valence-corrected chi connectivity index (χ0v) is 11.9. The summed E-state index contributed by atoms with van der Waals surface area (Å²) in [6.07, 6.45) is 4.41. The third kappa shape index (κ3) is 3.50. The number of nitrogens with zero attached hydrogens (tertiary/aromatic N) is 2.